The zero-order valence-electron chi connectivity index (χ0n) is 13.5. The molecule has 4 aromatic rings. The number of fused-ring (bicyclic) bond motifs is 1. The van der Waals surface area contributed by atoms with Crippen LogP contribution in [0.1, 0.15) is 4.88 Å². The van der Waals surface area contributed by atoms with Gasteiger partial charge in [0.15, 0.2) is 5.65 Å². The van der Waals surface area contributed by atoms with Gasteiger partial charge in [0, 0.05) is 22.0 Å². The fourth-order valence-corrected chi connectivity index (χ4v) is 3.36. The highest BCUT2D eigenvalue weighted by Gasteiger charge is 2.07. The summed E-state index contributed by atoms with van der Waals surface area (Å²) in [5.74, 6) is -0.184. The average molecular weight is 364 g/mol. The number of hydrogen-bond donors (Lipinski definition) is 1. The molecule has 0 spiro atoms. The molecule has 3 heterocycles. The number of aromatic nitrogens is 3. The van der Waals surface area contributed by atoms with Crippen LogP contribution in [0.3, 0.4) is 0 Å². The van der Waals surface area contributed by atoms with E-state index in [4.69, 9.17) is 0 Å². The van der Waals surface area contributed by atoms with E-state index in [-0.39, 0.29) is 11.7 Å². The van der Waals surface area contributed by atoms with Crippen LogP contribution in [0.2, 0.25) is 0 Å². The molecule has 0 unspecified atom stereocenters. The second-order valence-corrected chi connectivity index (χ2v) is 6.60. The minimum absolute atomic E-state index is 0.261. The summed E-state index contributed by atoms with van der Waals surface area (Å²) >= 11 is 1.52. The highest BCUT2D eigenvalue weighted by Crippen LogP contribution is 2.28. The van der Waals surface area contributed by atoms with E-state index in [1.807, 2.05) is 24.3 Å². The lowest BCUT2D eigenvalue weighted by atomic mass is 10.2. The number of amides is 1. The second kappa shape index (κ2) is 6.89. The van der Waals surface area contributed by atoms with Gasteiger partial charge in [-0.25, -0.2) is 4.39 Å². The van der Waals surface area contributed by atoms with Gasteiger partial charge in [-0.15, -0.1) is 21.5 Å². The maximum Gasteiger partial charge on any atom is 0.250 e. The number of halogens is 1. The molecule has 0 saturated heterocycles. The Morgan fingerprint density at radius 2 is 1.92 bits per heavy atom. The molecule has 5 nitrogen and oxygen atoms in total. The van der Waals surface area contributed by atoms with Crippen molar-refractivity contribution in [3.8, 4) is 10.4 Å². The van der Waals surface area contributed by atoms with Gasteiger partial charge in [-0.1, -0.05) is 18.2 Å². The summed E-state index contributed by atoms with van der Waals surface area (Å²) in [6.45, 7) is 0. The number of carbonyl (C=O) groups excluding carboxylic acids is 1. The molecule has 0 fully saturated rings. The molecule has 0 aliphatic heterocycles. The number of rotatable bonds is 4. The highest BCUT2D eigenvalue weighted by atomic mass is 32.1. The Kier molecular flexibility index (Phi) is 4.28. The summed E-state index contributed by atoms with van der Waals surface area (Å²) in [7, 11) is 0. The van der Waals surface area contributed by atoms with Gasteiger partial charge >= 0.3 is 0 Å². The van der Waals surface area contributed by atoms with Crippen LogP contribution in [-0.2, 0) is 4.79 Å². The predicted molar refractivity (Wildman–Crippen MR) is 100 cm³/mol. The largest absolute Gasteiger partial charge is 0.291 e. The number of benzene rings is 1. The lowest BCUT2D eigenvalue weighted by Crippen LogP contribution is -2.10. The first-order valence-electron chi connectivity index (χ1n) is 7.84. The third kappa shape index (κ3) is 3.38. The predicted octanol–water partition coefficient (Wildman–Crippen LogP) is 4.25. The summed E-state index contributed by atoms with van der Waals surface area (Å²) in [6, 6.07) is 15.7. The average Bonchev–Trinajstić information content (AvgIpc) is 3.28. The minimum Gasteiger partial charge on any atom is -0.291 e. The summed E-state index contributed by atoms with van der Waals surface area (Å²) in [4.78, 5) is 14.1. The van der Waals surface area contributed by atoms with E-state index >= 15 is 0 Å². The normalized spacial score (nSPS) is 11.3. The Morgan fingerprint density at radius 1 is 1.08 bits per heavy atom. The van der Waals surface area contributed by atoms with Gasteiger partial charge in [0.2, 0.25) is 5.95 Å². The van der Waals surface area contributed by atoms with Gasteiger partial charge in [0.25, 0.3) is 5.91 Å². The zero-order valence-corrected chi connectivity index (χ0v) is 14.3. The maximum absolute atomic E-state index is 13.0. The number of nitrogens with zero attached hydrogens (tertiary/aromatic N) is 3. The Labute approximate surface area is 152 Å². The van der Waals surface area contributed by atoms with Crippen LogP contribution in [0, 0.1) is 5.82 Å². The van der Waals surface area contributed by atoms with E-state index in [1.54, 1.807) is 34.9 Å². The summed E-state index contributed by atoms with van der Waals surface area (Å²) in [6.07, 6.45) is 4.96. The molecule has 0 aliphatic rings. The molecule has 0 saturated carbocycles. The van der Waals surface area contributed by atoms with E-state index in [0.29, 0.717) is 11.6 Å². The molecule has 0 radical (unpaired) electrons. The van der Waals surface area contributed by atoms with Crippen LogP contribution in [0.15, 0.2) is 66.9 Å². The smallest absolute Gasteiger partial charge is 0.250 e. The lowest BCUT2D eigenvalue weighted by Gasteiger charge is -1.99. The number of anilines is 1. The number of hydrogen-bond acceptors (Lipinski definition) is 4. The van der Waals surface area contributed by atoms with Crippen molar-refractivity contribution in [3.05, 3.63) is 77.6 Å². The lowest BCUT2D eigenvalue weighted by molar-refractivity contribution is -0.111. The maximum atomic E-state index is 13.0. The van der Waals surface area contributed by atoms with Gasteiger partial charge in [0.05, 0.1) is 0 Å². The summed E-state index contributed by atoms with van der Waals surface area (Å²) in [5.41, 5.74) is 1.60. The van der Waals surface area contributed by atoms with Gasteiger partial charge in [-0.3, -0.25) is 14.5 Å². The van der Waals surface area contributed by atoms with Crippen LogP contribution < -0.4 is 5.32 Å². The van der Waals surface area contributed by atoms with Gasteiger partial charge in [-0.05, 0) is 48.0 Å². The van der Waals surface area contributed by atoms with Crippen molar-refractivity contribution in [1.82, 2.24) is 14.6 Å². The van der Waals surface area contributed by atoms with E-state index in [0.717, 1.165) is 15.3 Å². The molecule has 0 bridgehead atoms. The van der Waals surface area contributed by atoms with Crippen molar-refractivity contribution in [1.29, 1.82) is 0 Å². The third-order valence-corrected chi connectivity index (χ3v) is 4.80. The SMILES string of the molecule is O=C(/C=C/c1ccc(-c2ccc(F)cc2)s1)Nc1nnc2ccccn12. The van der Waals surface area contributed by atoms with Gasteiger partial charge < -0.3 is 0 Å². The van der Waals surface area contributed by atoms with E-state index < -0.39 is 0 Å². The minimum atomic E-state index is -0.292. The van der Waals surface area contributed by atoms with Crippen LogP contribution in [0.5, 0.6) is 0 Å². The van der Waals surface area contributed by atoms with Crippen molar-refractivity contribution < 1.29 is 9.18 Å². The van der Waals surface area contributed by atoms with E-state index in [9.17, 15) is 9.18 Å². The van der Waals surface area contributed by atoms with Crippen LogP contribution in [0.25, 0.3) is 22.2 Å². The molecular formula is C19H13FN4OS. The molecule has 1 aromatic carbocycles. The summed E-state index contributed by atoms with van der Waals surface area (Å²) in [5, 5.41) is 10.6. The molecule has 0 atom stereocenters. The molecule has 0 aliphatic carbocycles. The molecular weight excluding hydrogens is 351 g/mol. The van der Waals surface area contributed by atoms with Crippen molar-refractivity contribution in [3.63, 3.8) is 0 Å². The molecule has 1 N–H and O–H groups in total. The quantitative estimate of drug-likeness (QED) is 0.551. The Bertz CT molecular complexity index is 1100. The second-order valence-electron chi connectivity index (χ2n) is 5.48. The molecule has 3 aromatic heterocycles. The Hall–Kier alpha value is -3.32. The third-order valence-electron chi connectivity index (χ3n) is 3.70. The molecule has 26 heavy (non-hydrogen) atoms. The van der Waals surface area contributed by atoms with Gasteiger partial charge in [-0.2, -0.15) is 0 Å². The van der Waals surface area contributed by atoms with Crippen molar-refractivity contribution in [2.75, 3.05) is 5.32 Å². The number of carbonyl (C=O) groups is 1. The van der Waals surface area contributed by atoms with Crippen LogP contribution in [0.4, 0.5) is 10.3 Å². The highest BCUT2D eigenvalue weighted by molar-refractivity contribution is 7.16. The van der Waals surface area contributed by atoms with Crippen molar-refractivity contribution >= 4 is 34.9 Å². The Balaban J connectivity index is 1.46. The van der Waals surface area contributed by atoms with Crippen molar-refractivity contribution in [2.24, 2.45) is 0 Å². The number of thiophene rings is 1. The van der Waals surface area contributed by atoms with E-state index in [2.05, 4.69) is 15.5 Å². The molecule has 1 amide bonds. The zero-order chi connectivity index (χ0) is 17.9. The number of pyridine rings is 1. The van der Waals surface area contributed by atoms with Crippen LogP contribution >= 0.6 is 11.3 Å². The van der Waals surface area contributed by atoms with Crippen LogP contribution in [-0.4, -0.2) is 20.5 Å². The molecule has 4 rings (SSSR count). The van der Waals surface area contributed by atoms with Gasteiger partial charge in [0.1, 0.15) is 5.82 Å². The molecule has 7 heteroatoms. The first-order valence-corrected chi connectivity index (χ1v) is 8.65. The molecule has 128 valence electrons. The number of nitrogens with one attached hydrogen (secondary N) is 1. The fourth-order valence-electron chi connectivity index (χ4n) is 2.45. The first-order chi connectivity index (χ1) is 12.7. The van der Waals surface area contributed by atoms with Crippen molar-refractivity contribution in [2.45, 2.75) is 0 Å². The van der Waals surface area contributed by atoms with E-state index in [1.165, 1.54) is 29.5 Å². The fraction of sp³-hybridized carbons (Fsp3) is 0. The first kappa shape index (κ1) is 16.2. The summed E-state index contributed by atoms with van der Waals surface area (Å²) < 4.78 is 14.7. The standard InChI is InChI=1S/C19H13FN4OS/c20-14-6-4-13(5-7-14)16-10-8-15(26-16)9-11-18(25)21-19-23-22-17-3-1-2-12-24(17)19/h1-12H,(H,21,23,25)/b11-9+. The monoisotopic (exact) mass is 364 g/mol. The Morgan fingerprint density at radius 3 is 2.77 bits per heavy atom. The topological polar surface area (TPSA) is 59.3 Å².